The average Bonchev–Trinajstić information content (AvgIpc) is 2.84. The zero-order chi connectivity index (χ0) is 26.1. The van der Waals surface area contributed by atoms with Gasteiger partial charge in [-0.25, -0.2) is 13.0 Å². The van der Waals surface area contributed by atoms with Crippen molar-refractivity contribution in [2.45, 2.75) is 19.4 Å². The third-order valence-corrected chi connectivity index (χ3v) is 6.41. The third-order valence-electron chi connectivity index (χ3n) is 5.62. The number of unbranched alkanes of at least 4 members (excludes halogenated alkanes) is 1. The summed E-state index contributed by atoms with van der Waals surface area (Å²) in [5, 5.41) is 8.98. The molecular weight excluding hydrogens is 474 g/mol. The molecule has 36 heavy (non-hydrogen) atoms. The van der Waals surface area contributed by atoms with E-state index in [-0.39, 0.29) is 5.75 Å². The van der Waals surface area contributed by atoms with E-state index < -0.39 is 10.1 Å². The van der Waals surface area contributed by atoms with Gasteiger partial charge in [-0.15, -0.1) is 5.10 Å². The van der Waals surface area contributed by atoms with Gasteiger partial charge in [0.25, 0.3) is 0 Å². The summed E-state index contributed by atoms with van der Waals surface area (Å²) in [6, 6.07) is 20.2. The van der Waals surface area contributed by atoms with Crippen molar-refractivity contribution in [1.82, 2.24) is 0 Å². The quantitative estimate of drug-likeness (QED) is 0.131. The van der Waals surface area contributed by atoms with Crippen LogP contribution in [0.15, 0.2) is 83.3 Å². The molecule has 8 nitrogen and oxygen atoms in total. The topological polar surface area (TPSA) is 92.3 Å². The highest BCUT2D eigenvalue weighted by Crippen LogP contribution is 2.19. The fraction of sp³-hybridized carbons (Fsp3) is 0.296. The Kier molecular flexibility index (Phi) is 9.32. The number of aryl methyl sites for hydroxylation is 1. The van der Waals surface area contributed by atoms with Crippen LogP contribution in [0.1, 0.15) is 29.5 Å². The van der Waals surface area contributed by atoms with Crippen molar-refractivity contribution in [1.29, 1.82) is 0 Å². The second kappa shape index (κ2) is 12.4. The molecule has 3 aromatic rings. The van der Waals surface area contributed by atoms with Crippen molar-refractivity contribution in [2.75, 3.05) is 43.7 Å². The van der Waals surface area contributed by atoms with E-state index in [1.165, 1.54) is 0 Å². The molecule has 0 fully saturated rings. The summed E-state index contributed by atoms with van der Waals surface area (Å²) in [6.45, 7) is 0.613. The standard InChI is InChI=1S/C27H33N5O3S/c1-30(2)25-13-9-23(10-14-25)27(24-11-15-26(16-12-24)31(3)4)29-28-20-22-8-7-18-32(21-22)17-5-6-19-36(33,34)35/h7-16,18,20-21H,5-6,17,19H2,1-4H3/b28-20+. The minimum Gasteiger partial charge on any atom is -0.748 e. The molecular formula is C27H33N5O3S. The first kappa shape index (κ1) is 27.0. The Morgan fingerprint density at radius 2 is 1.44 bits per heavy atom. The number of aromatic nitrogens is 1. The second-order valence-electron chi connectivity index (χ2n) is 8.92. The number of rotatable bonds is 11. The Morgan fingerprint density at radius 1 is 0.889 bits per heavy atom. The predicted octanol–water partition coefficient (Wildman–Crippen LogP) is 3.30. The smallest absolute Gasteiger partial charge is 0.177 e. The Labute approximate surface area is 214 Å². The number of hydrogen-bond acceptors (Lipinski definition) is 7. The summed E-state index contributed by atoms with van der Waals surface area (Å²) >= 11 is 0. The highest BCUT2D eigenvalue weighted by molar-refractivity contribution is 7.85. The van der Waals surface area contributed by atoms with Crippen molar-refractivity contribution in [3.8, 4) is 0 Å². The van der Waals surface area contributed by atoms with Crippen LogP contribution in [0, 0.1) is 0 Å². The van der Waals surface area contributed by atoms with Crippen molar-refractivity contribution in [3.63, 3.8) is 0 Å². The number of benzene rings is 2. The summed E-state index contributed by atoms with van der Waals surface area (Å²) in [4.78, 5) is 4.10. The van der Waals surface area contributed by atoms with Crippen LogP contribution >= 0.6 is 0 Å². The van der Waals surface area contributed by atoms with E-state index in [1.54, 1.807) is 6.21 Å². The minimum absolute atomic E-state index is 0.336. The van der Waals surface area contributed by atoms with Crippen LogP contribution in [0.3, 0.4) is 0 Å². The van der Waals surface area contributed by atoms with Gasteiger partial charge in [0, 0.05) is 68.9 Å². The summed E-state index contributed by atoms with van der Waals surface area (Å²) in [7, 11) is 3.86. The van der Waals surface area contributed by atoms with Crippen LogP contribution in [0.5, 0.6) is 0 Å². The Balaban J connectivity index is 1.82. The molecule has 190 valence electrons. The molecule has 3 rings (SSSR count). The van der Waals surface area contributed by atoms with E-state index >= 15 is 0 Å². The van der Waals surface area contributed by atoms with Crippen LogP contribution in [0.2, 0.25) is 0 Å². The van der Waals surface area contributed by atoms with Gasteiger partial charge < -0.3 is 14.4 Å². The Bertz CT molecular complexity index is 1250. The molecule has 0 bridgehead atoms. The van der Waals surface area contributed by atoms with E-state index in [0.29, 0.717) is 19.4 Å². The summed E-state index contributed by atoms with van der Waals surface area (Å²) in [5.41, 5.74) is 5.77. The molecule has 0 radical (unpaired) electrons. The molecule has 0 saturated heterocycles. The molecule has 9 heteroatoms. The van der Waals surface area contributed by atoms with Crippen LogP contribution in [-0.2, 0) is 16.7 Å². The van der Waals surface area contributed by atoms with Crippen LogP contribution < -0.4 is 14.4 Å². The van der Waals surface area contributed by atoms with Gasteiger partial charge in [0.15, 0.2) is 12.4 Å². The van der Waals surface area contributed by atoms with Gasteiger partial charge >= 0.3 is 0 Å². The van der Waals surface area contributed by atoms with E-state index in [4.69, 9.17) is 0 Å². The van der Waals surface area contributed by atoms with Gasteiger partial charge in [-0.3, -0.25) is 0 Å². The molecule has 1 heterocycles. The van der Waals surface area contributed by atoms with Crippen molar-refractivity contribution >= 4 is 33.4 Å². The summed E-state index contributed by atoms with van der Waals surface area (Å²) < 4.78 is 34.3. The largest absolute Gasteiger partial charge is 0.748 e. The predicted molar refractivity (Wildman–Crippen MR) is 145 cm³/mol. The maximum Gasteiger partial charge on any atom is 0.177 e. The zero-order valence-corrected chi connectivity index (χ0v) is 22.0. The lowest BCUT2D eigenvalue weighted by atomic mass is 10.0. The van der Waals surface area contributed by atoms with Gasteiger partial charge in [0.05, 0.1) is 21.9 Å². The van der Waals surface area contributed by atoms with Gasteiger partial charge in [0.1, 0.15) is 12.3 Å². The van der Waals surface area contributed by atoms with Crippen molar-refractivity contribution in [3.05, 3.63) is 89.7 Å². The van der Waals surface area contributed by atoms with Gasteiger partial charge in [-0.2, -0.15) is 5.10 Å². The molecule has 0 saturated carbocycles. The normalized spacial score (nSPS) is 11.5. The first-order valence-electron chi connectivity index (χ1n) is 11.7. The van der Waals surface area contributed by atoms with E-state index in [9.17, 15) is 13.0 Å². The van der Waals surface area contributed by atoms with E-state index in [0.717, 1.165) is 33.8 Å². The zero-order valence-electron chi connectivity index (χ0n) is 21.2. The number of pyridine rings is 1. The Morgan fingerprint density at radius 3 is 1.94 bits per heavy atom. The average molecular weight is 508 g/mol. The second-order valence-corrected chi connectivity index (χ2v) is 10.4. The molecule has 0 N–H and O–H groups in total. The fourth-order valence-corrected chi connectivity index (χ4v) is 4.16. The third kappa shape index (κ3) is 8.28. The molecule has 1 aromatic heterocycles. The molecule has 0 atom stereocenters. The molecule has 0 aliphatic rings. The van der Waals surface area contributed by atoms with E-state index in [1.807, 2.05) is 81.5 Å². The lowest BCUT2D eigenvalue weighted by Gasteiger charge is -2.15. The lowest BCUT2D eigenvalue weighted by molar-refractivity contribution is -0.697. The van der Waals surface area contributed by atoms with Crippen molar-refractivity contribution in [2.24, 2.45) is 10.2 Å². The van der Waals surface area contributed by atoms with Crippen LogP contribution in [0.4, 0.5) is 11.4 Å². The molecule has 0 aliphatic heterocycles. The molecule has 0 unspecified atom stereocenters. The van der Waals surface area contributed by atoms with Gasteiger partial charge in [-0.05, 0) is 36.8 Å². The SMILES string of the molecule is CN(C)c1ccc(C(=N/N=C/c2ccc[n+](CCCCS(=O)(=O)[O-])c2)c2ccc(N(C)C)cc2)cc1. The van der Waals surface area contributed by atoms with Gasteiger partial charge in [-0.1, -0.05) is 24.3 Å². The minimum atomic E-state index is -4.17. The molecule has 0 aliphatic carbocycles. The van der Waals surface area contributed by atoms with E-state index in [2.05, 4.69) is 44.3 Å². The number of anilines is 2. The first-order chi connectivity index (χ1) is 17.1. The Hall–Kier alpha value is -3.56. The monoisotopic (exact) mass is 507 g/mol. The molecule has 2 aromatic carbocycles. The van der Waals surface area contributed by atoms with Crippen LogP contribution in [0.25, 0.3) is 0 Å². The highest BCUT2D eigenvalue weighted by Gasteiger charge is 2.09. The number of nitrogens with zero attached hydrogens (tertiary/aromatic N) is 5. The molecule has 0 spiro atoms. The van der Waals surface area contributed by atoms with Crippen molar-refractivity contribution < 1.29 is 17.5 Å². The maximum atomic E-state index is 10.8. The van der Waals surface area contributed by atoms with Gasteiger partial charge in [0.2, 0.25) is 0 Å². The summed E-state index contributed by atoms with van der Waals surface area (Å²) in [5.74, 6) is -0.336. The molecule has 0 amide bonds. The highest BCUT2D eigenvalue weighted by atomic mass is 32.2. The summed E-state index contributed by atoms with van der Waals surface area (Å²) in [6.07, 6.45) is 6.45. The maximum absolute atomic E-state index is 10.8. The fourth-order valence-electron chi connectivity index (χ4n) is 3.60. The lowest BCUT2D eigenvalue weighted by Crippen LogP contribution is -2.33. The van der Waals surface area contributed by atoms with Crippen LogP contribution in [-0.4, -0.2) is 58.8 Å². The number of hydrogen-bond donors (Lipinski definition) is 0. The first-order valence-corrected chi connectivity index (χ1v) is 13.3.